The molecule has 0 saturated heterocycles. The molecule has 1 fully saturated rings. The summed E-state index contributed by atoms with van der Waals surface area (Å²) in [4.78, 5) is 11.6. The molecule has 2 heterocycles. The third-order valence-corrected chi connectivity index (χ3v) is 6.14. The van der Waals surface area contributed by atoms with Crippen LogP contribution in [-0.4, -0.2) is 36.6 Å². The molecule has 0 unspecified atom stereocenters. The first-order chi connectivity index (χ1) is 14.5. The minimum atomic E-state index is 0.438. The molecule has 0 radical (unpaired) electrons. The third-order valence-electron chi connectivity index (χ3n) is 6.14. The van der Waals surface area contributed by atoms with Gasteiger partial charge in [-0.15, -0.1) is 0 Å². The molecule has 160 valence electrons. The molecular weight excluding hydrogens is 374 g/mol. The van der Waals surface area contributed by atoms with Gasteiger partial charge >= 0.3 is 0 Å². The molecule has 0 aliphatic heterocycles. The predicted octanol–water partition coefficient (Wildman–Crippen LogP) is 4.67. The van der Waals surface area contributed by atoms with Gasteiger partial charge in [0.1, 0.15) is 17.3 Å². The molecule has 0 spiro atoms. The average molecular weight is 408 g/mol. The largest absolute Gasteiger partial charge is 0.465 e. The monoisotopic (exact) mass is 407 g/mol. The van der Waals surface area contributed by atoms with Crippen molar-refractivity contribution in [3.05, 3.63) is 47.4 Å². The van der Waals surface area contributed by atoms with Gasteiger partial charge in [0.15, 0.2) is 0 Å². The molecule has 4 rings (SSSR count). The van der Waals surface area contributed by atoms with Gasteiger partial charge in [-0.25, -0.2) is 4.98 Å². The number of anilines is 2. The molecule has 0 bridgehead atoms. The second-order valence-electron chi connectivity index (χ2n) is 8.73. The Morgan fingerprint density at radius 2 is 1.83 bits per heavy atom. The smallest absolute Gasteiger partial charge is 0.225 e. The highest BCUT2D eigenvalue weighted by Gasteiger charge is 2.22. The first-order valence-electron chi connectivity index (χ1n) is 11.0. The number of benzene rings is 1. The molecule has 3 aromatic rings. The van der Waals surface area contributed by atoms with Crippen molar-refractivity contribution < 1.29 is 4.42 Å². The van der Waals surface area contributed by atoms with Crippen molar-refractivity contribution in [2.75, 3.05) is 30.9 Å². The molecule has 1 aromatic carbocycles. The van der Waals surface area contributed by atoms with Gasteiger partial charge in [-0.05, 0) is 75.8 Å². The second-order valence-corrected chi connectivity index (χ2v) is 8.73. The summed E-state index contributed by atoms with van der Waals surface area (Å²) in [5.41, 5.74) is 2.21. The van der Waals surface area contributed by atoms with Crippen LogP contribution in [0.5, 0.6) is 0 Å². The Bertz CT molecular complexity index is 969. The Balaban J connectivity index is 1.29. The minimum Gasteiger partial charge on any atom is -0.465 e. The van der Waals surface area contributed by atoms with Crippen LogP contribution in [0.1, 0.15) is 42.8 Å². The highest BCUT2D eigenvalue weighted by Crippen LogP contribution is 2.28. The van der Waals surface area contributed by atoms with Gasteiger partial charge in [0, 0.05) is 25.5 Å². The Labute approximate surface area is 179 Å². The van der Waals surface area contributed by atoms with Crippen LogP contribution in [0.25, 0.3) is 10.9 Å². The summed E-state index contributed by atoms with van der Waals surface area (Å²) >= 11 is 0. The van der Waals surface area contributed by atoms with Gasteiger partial charge in [-0.2, -0.15) is 4.98 Å². The lowest BCUT2D eigenvalue weighted by Crippen LogP contribution is -2.31. The fourth-order valence-electron chi connectivity index (χ4n) is 4.30. The van der Waals surface area contributed by atoms with Crippen molar-refractivity contribution in [1.82, 2.24) is 15.3 Å². The van der Waals surface area contributed by atoms with Gasteiger partial charge in [-0.1, -0.05) is 12.1 Å². The van der Waals surface area contributed by atoms with E-state index in [-0.39, 0.29) is 0 Å². The maximum absolute atomic E-state index is 5.75. The number of hydrogen-bond donors (Lipinski definition) is 2. The summed E-state index contributed by atoms with van der Waals surface area (Å²) in [6.07, 6.45) is 4.74. The van der Waals surface area contributed by atoms with Crippen LogP contribution in [0, 0.1) is 19.8 Å². The first-order valence-corrected chi connectivity index (χ1v) is 11.0. The van der Waals surface area contributed by atoms with E-state index in [4.69, 9.17) is 14.4 Å². The zero-order valence-electron chi connectivity index (χ0n) is 18.5. The Morgan fingerprint density at radius 3 is 2.53 bits per heavy atom. The molecule has 1 aliphatic carbocycles. The highest BCUT2D eigenvalue weighted by molar-refractivity contribution is 5.90. The number of fused-ring (bicyclic) bond motifs is 1. The maximum atomic E-state index is 5.75. The van der Waals surface area contributed by atoms with E-state index in [0.717, 1.165) is 66.0 Å². The first kappa shape index (κ1) is 20.7. The lowest BCUT2D eigenvalue weighted by molar-refractivity contribution is 0.319. The van der Waals surface area contributed by atoms with Gasteiger partial charge in [0.05, 0.1) is 12.1 Å². The number of rotatable bonds is 7. The average Bonchev–Trinajstić information content (AvgIpc) is 3.06. The summed E-state index contributed by atoms with van der Waals surface area (Å²) in [5, 5.41) is 8.26. The van der Waals surface area contributed by atoms with Crippen LogP contribution in [0.2, 0.25) is 0 Å². The van der Waals surface area contributed by atoms with Crippen molar-refractivity contribution in [3.63, 3.8) is 0 Å². The molecule has 0 atom stereocenters. The zero-order valence-corrected chi connectivity index (χ0v) is 18.5. The predicted molar refractivity (Wildman–Crippen MR) is 123 cm³/mol. The number of aromatic nitrogens is 2. The number of para-hydroxylation sites is 1. The SMILES string of the molecule is Cc1cc(CNC[C@H]2CC[C@@H](Nc3nc(N(C)C)c4ccccc4n3)CC2)oc1C. The van der Waals surface area contributed by atoms with E-state index >= 15 is 0 Å². The molecule has 2 aromatic heterocycles. The Kier molecular flexibility index (Phi) is 6.23. The van der Waals surface area contributed by atoms with Crippen molar-refractivity contribution in [3.8, 4) is 0 Å². The molecule has 1 aliphatic rings. The molecule has 6 heteroatoms. The summed E-state index contributed by atoms with van der Waals surface area (Å²) in [5.74, 6) is 4.47. The molecule has 6 nitrogen and oxygen atoms in total. The molecule has 30 heavy (non-hydrogen) atoms. The fourth-order valence-corrected chi connectivity index (χ4v) is 4.30. The van der Waals surface area contributed by atoms with E-state index in [1.807, 2.05) is 33.2 Å². The van der Waals surface area contributed by atoms with Gasteiger partial charge in [-0.3, -0.25) is 0 Å². The van der Waals surface area contributed by atoms with Gasteiger partial charge in [0.2, 0.25) is 5.95 Å². The van der Waals surface area contributed by atoms with Crippen LogP contribution >= 0.6 is 0 Å². The Morgan fingerprint density at radius 1 is 1.07 bits per heavy atom. The summed E-state index contributed by atoms with van der Waals surface area (Å²) < 4.78 is 5.75. The lowest BCUT2D eigenvalue weighted by atomic mass is 9.86. The third kappa shape index (κ3) is 4.75. The standard InChI is InChI=1S/C24H33N5O/c1-16-13-20(30-17(16)2)15-25-14-18-9-11-19(12-10-18)26-24-27-22-8-6-5-7-21(22)23(28-24)29(3)4/h5-8,13,18-19,25H,9-12,14-15H2,1-4H3,(H,26,27,28)/t18-,19+. The van der Waals surface area contributed by atoms with Crippen molar-refractivity contribution >= 4 is 22.7 Å². The number of nitrogens with zero attached hydrogens (tertiary/aromatic N) is 3. The van der Waals surface area contributed by atoms with Crippen molar-refractivity contribution in [2.45, 2.75) is 52.1 Å². The zero-order chi connectivity index (χ0) is 21.1. The molecule has 0 amide bonds. The van der Waals surface area contributed by atoms with E-state index < -0.39 is 0 Å². The van der Waals surface area contributed by atoms with Crippen LogP contribution < -0.4 is 15.5 Å². The van der Waals surface area contributed by atoms with E-state index in [2.05, 4.69) is 40.7 Å². The van der Waals surface area contributed by atoms with E-state index in [1.165, 1.54) is 18.4 Å². The molecule has 2 N–H and O–H groups in total. The minimum absolute atomic E-state index is 0.438. The molecular formula is C24H33N5O. The number of nitrogens with one attached hydrogen (secondary N) is 2. The number of furan rings is 1. The van der Waals surface area contributed by atoms with E-state index in [0.29, 0.717) is 6.04 Å². The van der Waals surface area contributed by atoms with Gasteiger partial charge < -0.3 is 20.0 Å². The normalized spacial score (nSPS) is 19.2. The Hall–Kier alpha value is -2.60. The maximum Gasteiger partial charge on any atom is 0.225 e. The second kappa shape index (κ2) is 9.04. The van der Waals surface area contributed by atoms with Gasteiger partial charge in [0.25, 0.3) is 0 Å². The van der Waals surface area contributed by atoms with Crippen LogP contribution in [0.3, 0.4) is 0 Å². The van der Waals surface area contributed by atoms with Crippen LogP contribution in [0.4, 0.5) is 11.8 Å². The topological polar surface area (TPSA) is 66.2 Å². The number of hydrogen-bond acceptors (Lipinski definition) is 6. The van der Waals surface area contributed by atoms with Crippen molar-refractivity contribution in [1.29, 1.82) is 0 Å². The summed E-state index contributed by atoms with van der Waals surface area (Å²) in [7, 11) is 4.06. The fraction of sp³-hybridized carbons (Fsp3) is 0.500. The number of aryl methyl sites for hydroxylation is 2. The van der Waals surface area contributed by atoms with Crippen LogP contribution in [-0.2, 0) is 6.54 Å². The highest BCUT2D eigenvalue weighted by atomic mass is 16.3. The van der Waals surface area contributed by atoms with E-state index in [9.17, 15) is 0 Å². The van der Waals surface area contributed by atoms with Crippen molar-refractivity contribution in [2.24, 2.45) is 5.92 Å². The summed E-state index contributed by atoms with van der Waals surface area (Å²) in [6, 6.07) is 10.8. The van der Waals surface area contributed by atoms with E-state index in [1.54, 1.807) is 0 Å². The lowest BCUT2D eigenvalue weighted by Gasteiger charge is -2.29. The van der Waals surface area contributed by atoms with Crippen LogP contribution in [0.15, 0.2) is 34.7 Å². The quantitative estimate of drug-likeness (QED) is 0.593. The summed E-state index contributed by atoms with van der Waals surface area (Å²) in [6.45, 7) is 5.97. The molecule has 1 saturated carbocycles.